The number of hydrogen-bond acceptors (Lipinski definition) is 4. The minimum atomic E-state index is 0. The molecule has 0 radical (unpaired) electrons. The van der Waals surface area contributed by atoms with Gasteiger partial charge in [-0.1, -0.05) is 13.8 Å². The maximum atomic E-state index is 5.56. The van der Waals surface area contributed by atoms with Crippen molar-refractivity contribution in [1.29, 1.82) is 0 Å². The average molecular weight is 445 g/mol. The molecule has 140 valence electrons. The third-order valence-corrected chi connectivity index (χ3v) is 3.04. The number of methoxy groups -OCH3 is 1. The summed E-state index contributed by atoms with van der Waals surface area (Å²) in [6.07, 6.45) is 3.20. The Balaban J connectivity index is 0. The number of ether oxygens (including phenoxy) is 3. The highest BCUT2D eigenvalue weighted by molar-refractivity contribution is 14.0. The van der Waals surface area contributed by atoms with Crippen LogP contribution in [0.25, 0.3) is 0 Å². The molecule has 0 rings (SSSR count). The molecule has 0 aromatic heterocycles. The number of guanidine groups is 1. The molecule has 0 unspecified atom stereocenters. The van der Waals surface area contributed by atoms with E-state index in [1.807, 2.05) is 0 Å². The fraction of sp³-hybridized carbons (Fsp3) is 0.938. The largest absolute Gasteiger partial charge is 0.382 e. The first-order valence-electron chi connectivity index (χ1n) is 8.29. The minimum Gasteiger partial charge on any atom is -0.382 e. The molecule has 0 bridgehead atoms. The highest BCUT2D eigenvalue weighted by Gasteiger charge is 1.98. The summed E-state index contributed by atoms with van der Waals surface area (Å²) in [6.45, 7) is 9.72. The van der Waals surface area contributed by atoms with E-state index >= 15 is 0 Å². The van der Waals surface area contributed by atoms with Crippen molar-refractivity contribution < 1.29 is 14.2 Å². The van der Waals surface area contributed by atoms with E-state index in [0.29, 0.717) is 25.7 Å². The second-order valence-electron chi connectivity index (χ2n) is 5.53. The minimum absolute atomic E-state index is 0. The molecule has 0 aliphatic rings. The molecule has 0 saturated carbocycles. The fourth-order valence-electron chi connectivity index (χ4n) is 1.66. The molecular formula is C16H36IN3O3. The Morgan fingerprint density at radius 1 is 0.913 bits per heavy atom. The lowest BCUT2D eigenvalue weighted by Crippen LogP contribution is -2.39. The van der Waals surface area contributed by atoms with Gasteiger partial charge in [-0.25, -0.2) is 0 Å². The number of aliphatic imine (C=N–C) groups is 1. The topological polar surface area (TPSA) is 64.1 Å². The number of hydrogen-bond donors (Lipinski definition) is 2. The first-order valence-corrected chi connectivity index (χ1v) is 8.29. The summed E-state index contributed by atoms with van der Waals surface area (Å²) >= 11 is 0. The van der Waals surface area contributed by atoms with Gasteiger partial charge in [-0.05, 0) is 25.2 Å². The third kappa shape index (κ3) is 19.8. The molecule has 0 spiro atoms. The summed E-state index contributed by atoms with van der Waals surface area (Å²) in [7, 11) is 3.46. The van der Waals surface area contributed by atoms with E-state index in [-0.39, 0.29) is 24.0 Å². The van der Waals surface area contributed by atoms with Crippen LogP contribution in [-0.2, 0) is 14.2 Å². The first kappa shape index (κ1) is 25.1. The number of nitrogens with one attached hydrogen (secondary N) is 2. The van der Waals surface area contributed by atoms with Gasteiger partial charge in [0.2, 0.25) is 0 Å². The molecule has 2 N–H and O–H groups in total. The smallest absolute Gasteiger partial charge is 0.191 e. The van der Waals surface area contributed by atoms with E-state index in [9.17, 15) is 0 Å². The second-order valence-corrected chi connectivity index (χ2v) is 5.53. The van der Waals surface area contributed by atoms with E-state index in [2.05, 4.69) is 29.5 Å². The Bertz CT molecular complexity index is 267. The van der Waals surface area contributed by atoms with E-state index in [1.54, 1.807) is 14.2 Å². The van der Waals surface area contributed by atoms with Crippen LogP contribution in [0.2, 0.25) is 0 Å². The van der Waals surface area contributed by atoms with Gasteiger partial charge < -0.3 is 24.8 Å². The summed E-state index contributed by atoms with van der Waals surface area (Å²) in [5, 5.41) is 6.53. The van der Waals surface area contributed by atoms with E-state index in [1.165, 1.54) is 0 Å². The van der Waals surface area contributed by atoms with Crippen LogP contribution in [0, 0.1) is 5.92 Å². The summed E-state index contributed by atoms with van der Waals surface area (Å²) in [6, 6.07) is 0. The van der Waals surface area contributed by atoms with Crippen LogP contribution in [-0.4, -0.2) is 66.2 Å². The Kier molecular flexibility index (Phi) is 21.8. The Morgan fingerprint density at radius 3 is 2.26 bits per heavy atom. The lowest BCUT2D eigenvalue weighted by atomic mass is 10.1. The van der Waals surface area contributed by atoms with E-state index in [4.69, 9.17) is 14.2 Å². The van der Waals surface area contributed by atoms with Gasteiger partial charge in [-0.2, -0.15) is 0 Å². The van der Waals surface area contributed by atoms with Crippen LogP contribution < -0.4 is 10.6 Å². The van der Waals surface area contributed by atoms with Crippen molar-refractivity contribution in [2.24, 2.45) is 10.9 Å². The Hall–Kier alpha value is -0.120. The van der Waals surface area contributed by atoms with Crippen LogP contribution in [0.4, 0.5) is 0 Å². The van der Waals surface area contributed by atoms with Crippen LogP contribution >= 0.6 is 24.0 Å². The van der Waals surface area contributed by atoms with Crippen molar-refractivity contribution >= 4 is 29.9 Å². The SMILES string of the molecule is CN=C(NCCCCOCCOC)NCCOCCC(C)C.I. The number of nitrogens with zero attached hydrogens (tertiary/aromatic N) is 1. The zero-order valence-corrected chi connectivity index (χ0v) is 17.6. The molecule has 0 saturated heterocycles. The summed E-state index contributed by atoms with van der Waals surface area (Å²) in [5.41, 5.74) is 0. The molecule has 0 aromatic rings. The predicted molar refractivity (Wildman–Crippen MR) is 107 cm³/mol. The molecule has 0 aliphatic carbocycles. The van der Waals surface area contributed by atoms with Crippen LogP contribution in [0.3, 0.4) is 0 Å². The van der Waals surface area contributed by atoms with Gasteiger partial charge in [0.15, 0.2) is 5.96 Å². The van der Waals surface area contributed by atoms with Gasteiger partial charge >= 0.3 is 0 Å². The standard InChI is InChI=1S/C16H35N3O3.HI/c1-15(2)7-11-22-12-9-19-16(17-3)18-8-5-6-10-21-14-13-20-4;/h15H,5-14H2,1-4H3,(H2,17,18,19);1H. The van der Waals surface area contributed by atoms with Crippen molar-refractivity contribution in [1.82, 2.24) is 10.6 Å². The van der Waals surface area contributed by atoms with Crippen molar-refractivity contribution in [2.45, 2.75) is 33.1 Å². The van der Waals surface area contributed by atoms with Crippen LogP contribution in [0.15, 0.2) is 4.99 Å². The van der Waals surface area contributed by atoms with E-state index in [0.717, 1.165) is 51.5 Å². The maximum Gasteiger partial charge on any atom is 0.191 e. The van der Waals surface area contributed by atoms with Gasteiger partial charge in [0.05, 0.1) is 19.8 Å². The highest BCUT2D eigenvalue weighted by Crippen LogP contribution is 1.98. The van der Waals surface area contributed by atoms with Gasteiger partial charge in [0.25, 0.3) is 0 Å². The average Bonchev–Trinajstić information content (AvgIpc) is 2.50. The van der Waals surface area contributed by atoms with Crippen molar-refractivity contribution in [2.75, 3.05) is 60.3 Å². The van der Waals surface area contributed by atoms with Crippen LogP contribution in [0.5, 0.6) is 0 Å². The number of halogens is 1. The van der Waals surface area contributed by atoms with Crippen LogP contribution in [0.1, 0.15) is 33.1 Å². The fourth-order valence-corrected chi connectivity index (χ4v) is 1.66. The van der Waals surface area contributed by atoms with Gasteiger partial charge in [-0.15, -0.1) is 24.0 Å². The number of rotatable bonds is 14. The maximum absolute atomic E-state index is 5.56. The quantitative estimate of drug-likeness (QED) is 0.186. The molecule has 0 amide bonds. The zero-order chi connectivity index (χ0) is 16.5. The highest BCUT2D eigenvalue weighted by atomic mass is 127. The molecule has 7 heteroatoms. The Morgan fingerprint density at radius 2 is 1.61 bits per heavy atom. The van der Waals surface area contributed by atoms with Gasteiger partial charge in [-0.3, -0.25) is 4.99 Å². The third-order valence-electron chi connectivity index (χ3n) is 3.04. The normalized spacial score (nSPS) is 11.4. The lowest BCUT2D eigenvalue weighted by molar-refractivity contribution is 0.0689. The molecular weight excluding hydrogens is 409 g/mol. The molecule has 0 aliphatic heterocycles. The molecule has 0 atom stereocenters. The van der Waals surface area contributed by atoms with Crippen molar-refractivity contribution in [3.8, 4) is 0 Å². The Labute approximate surface area is 159 Å². The summed E-state index contributed by atoms with van der Waals surface area (Å²) < 4.78 is 15.9. The monoisotopic (exact) mass is 445 g/mol. The molecule has 0 heterocycles. The zero-order valence-electron chi connectivity index (χ0n) is 15.2. The van der Waals surface area contributed by atoms with Crippen molar-refractivity contribution in [3.05, 3.63) is 0 Å². The summed E-state index contributed by atoms with van der Waals surface area (Å²) in [5.74, 6) is 1.52. The first-order chi connectivity index (χ1) is 10.7. The lowest BCUT2D eigenvalue weighted by Gasteiger charge is -2.12. The molecule has 0 aromatic carbocycles. The van der Waals surface area contributed by atoms with Gasteiger partial charge in [0, 0.05) is 40.5 Å². The van der Waals surface area contributed by atoms with E-state index < -0.39 is 0 Å². The molecule has 23 heavy (non-hydrogen) atoms. The number of unbranched alkanes of at least 4 members (excludes halogenated alkanes) is 1. The second kappa shape index (κ2) is 19.9. The van der Waals surface area contributed by atoms with Crippen molar-refractivity contribution in [3.63, 3.8) is 0 Å². The molecule has 6 nitrogen and oxygen atoms in total. The molecule has 0 fully saturated rings. The van der Waals surface area contributed by atoms with Gasteiger partial charge in [0.1, 0.15) is 0 Å². The predicted octanol–water partition coefficient (Wildman–Crippen LogP) is 2.28. The summed E-state index contributed by atoms with van der Waals surface area (Å²) in [4.78, 5) is 4.18.